The normalized spacial score (nSPS) is 24.2. The van der Waals surface area contributed by atoms with Gasteiger partial charge in [-0.2, -0.15) is 10.1 Å². The lowest BCUT2D eigenvalue weighted by Gasteiger charge is -2.34. The van der Waals surface area contributed by atoms with Gasteiger partial charge in [0.15, 0.2) is 15.7 Å². The first-order valence-electron chi connectivity index (χ1n) is 8.66. The summed E-state index contributed by atoms with van der Waals surface area (Å²) in [5.41, 5.74) is 0. The fourth-order valence-corrected chi connectivity index (χ4v) is 5.18. The van der Waals surface area contributed by atoms with Crippen molar-refractivity contribution < 1.29 is 8.42 Å². The lowest BCUT2D eigenvalue weighted by atomic mass is 10.2. The molecule has 0 bridgehead atoms. The molecule has 1 aromatic rings. The molecule has 2 aliphatic rings. The van der Waals surface area contributed by atoms with Gasteiger partial charge in [0.05, 0.1) is 17.7 Å². The number of rotatable bonds is 5. The number of hydrogen-bond donors (Lipinski definition) is 0. The van der Waals surface area contributed by atoms with Gasteiger partial charge >= 0.3 is 0 Å². The van der Waals surface area contributed by atoms with Gasteiger partial charge in [-0.3, -0.25) is 0 Å². The Labute approximate surface area is 143 Å². The second kappa shape index (κ2) is 7.18. The topological polar surface area (TPSA) is 82.5 Å². The van der Waals surface area contributed by atoms with Crippen LogP contribution in [0.25, 0.3) is 0 Å². The molecule has 1 unspecified atom stereocenters. The van der Waals surface area contributed by atoms with Crippen molar-refractivity contribution in [3.05, 3.63) is 6.20 Å². The average Bonchev–Trinajstić information content (AvgIpc) is 2.95. The molecule has 1 atom stereocenters. The number of anilines is 2. The van der Waals surface area contributed by atoms with Crippen molar-refractivity contribution in [1.29, 1.82) is 0 Å². The van der Waals surface area contributed by atoms with Gasteiger partial charge < -0.3 is 14.7 Å². The molecule has 9 heteroatoms. The third-order valence-corrected chi connectivity index (χ3v) is 6.67. The molecule has 3 heterocycles. The van der Waals surface area contributed by atoms with Gasteiger partial charge in [0.1, 0.15) is 0 Å². The number of sulfone groups is 1. The Bertz CT molecular complexity index is 660. The first-order chi connectivity index (χ1) is 11.5. The highest BCUT2D eigenvalue weighted by molar-refractivity contribution is 7.91. The van der Waals surface area contributed by atoms with Gasteiger partial charge in [-0.15, -0.1) is 5.10 Å². The smallest absolute Gasteiger partial charge is 0.247 e. The van der Waals surface area contributed by atoms with Crippen LogP contribution in [0.4, 0.5) is 11.8 Å². The second-order valence-electron chi connectivity index (χ2n) is 6.38. The summed E-state index contributed by atoms with van der Waals surface area (Å²) >= 11 is 0. The molecule has 2 fully saturated rings. The standard InChI is InChI=1S/C15H26N6O2S/c1-3-19-6-8-20(9-7-19)15-17-14(11-16-18-15)21(4-2)13-5-10-24(22,23)12-13/h11,13H,3-10,12H2,1-2H3. The molecule has 0 spiro atoms. The zero-order valence-corrected chi connectivity index (χ0v) is 15.2. The van der Waals surface area contributed by atoms with E-state index in [1.165, 1.54) is 0 Å². The fourth-order valence-electron chi connectivity index (χ4n) is 3.45. The van der Waals surface area contributed by atoms with Gasteiger partial charge in [0.25, 0.3) is 0 Å². The highest BCUT2D eigenvalue weighted by atomic mass is 32.2. The molecule has 134 valence electrons. The number of aromatic nitrogens is 3. The molecule has 0 saturated carbocycles. The van der Waals surface area contributed by atoms with E-state index < -0.39 is 9.84 Å². The highest BCUT2D eigenvalue weighted by Gasteiger charge is 2.32. The Morgan fingerprint density at radius 1 is 1.25 bits per heavy atom. The van der Waals surface area contributed by atoms with Crippen molar-refractivity contribution in [1.82, 2.24) is 20.1 Å². The van der Waals surface area contributed by atoms with Crippen molar-refractivity contribution in [2.45, 2.75) is 26.3 Å². The molecule has 8 nitrogen and oxygen atoms in total. The van der Waals surface area contributed by atoms with Crippen LogP contribution in [-0.4, -0.2) is 85.3 Å². The Hall–Kier alpha value is -1.48. The van der Waals surface area contributed by atoms with Crippen LogP contribution in [-0.2, 0) is 9.84 Å². The lowest BCUT2D eigenvalue weighted by Crippen LogP contribution is -2.47. The van der Waals surface area contributed by atoms with E-state index in [4.69, 9.17) is 0 Å². The van der Waals surface area contributed by atoms with E-state index in [1.807, 2.05) is 11.8 Å². The monoisotopic (exact) mass is 354 g/mol. The Morgan fingerprint density at radius 3 is 2.58 bits per heavy atom. The minimum Gasteiger partial charge on any atom is -0.351 e. The van der Waals surface area contributed by atoms with E-state index in [1.54, 1.807) is 6.20 Å². The van der Waals surface area contributed by atoms with E-state index in [9.17, 15) is 8.42 Å². The maximum Gasteiger partial charge on any atom is 0.247 e. The quantitative estimate of drug-likeness (QED) is 0.732. The molecule has 0 aliphatic carbocycles. The van der Waals surface area contributed by atoms with E-state index in [0.29, 0.717) is 18.9 Å². The third-order valence-electron chi connectivity index (χ3n) is 4.92. The summed E-state index contributed by atoms with van der Waals surface area (Å²) in [6, 6.07) is -0.0125. The lowest BCUT2D eigenvalue weighted by molar-refractivity contribution is 0.269. The molecule has 2 saturated heterocycles. The summed E-state index contributed by atoms with van der Waals surface area (Å²) in [7, 11) is -2.92. The Morgan fingerprint density at radius 2 is 2.00 bits per heavy atom. The molecule has 1 aromatic heterocycles. The number of nitrogens with zero attached hydrogens (tertiary/aromatic N) is 6. The van der Waals surface area contributed by atoms with Crippen molar-refractivity contribution >= 4 is 21.6 Å². The number of likely N-dealkylation sites (N-methyl/N-ethyl adjacent to an activating group) is 1. The van der Waals surface area contributed by atoms with E-state index in [2.05, 4.69) is 31.9 Å². The summed E-state index contributed by atoms with van der Waals surface area (Å²) in [6.07, 6.45) is 2.30. The average molecular weight is 354 g/mol. The van der Waals surface area contributed by atoms with E-state index in [-0.39, 0.29) is 17.5 Å². The number of piperazine rings is 1. The van der Waals surface area contributed by atoms with Crippen LogP contribution < -0.4 is 9.80 Å². The summed E-state index contributed by atoms with van der Waals surface area (Å²) < 4.78 is 23.6. The maximum absolute atomic E-state index is 11.8. The summed E-state index contributed by atoms with van der Waals surface area (Å²) in [5.74, 6) is 1.83. The molecule has 0 aromatic carbocycles. The molecule has 0 radical (unpaired) electrons. The highest BCUT2D eigenvalue weighted by Crippen LogP contribution is 2.23. The molecule has 3 rings (SSSR count). The van der Waals surface area contributed by atoms with Crippen molar-refractivity contribution in [2.75, 3.05) is 60.6 Å². The van der Waals surface area contributed by atoms with Gasteiger partial charge in [-0.25, -0.2) is 8.42 Å². The molecule has 0 N–H and O–H groups in total. The van der Waals surface area contributed by atoms with Crippen molar-refractivity contribution in [2.24, 2.45) is 0 Å². The minimum absolute atomic E-state index is 0.0125. The first-order valence-corrected chi connectivity index (χ1v) is 10.5. The SMILES string of the molecule is CCN1CCN(c2nncc(N(CC)C3CCS(=O)(=O)C3)n2)CC1. The van der Waals surface area contributed by atoms with Crippen LogP contribution in [0.15, 0.2) is 6.20 Å². The van der Waals surface area contributed by atoms with Crippen LogP contribution in [0.1, 0.15) is 20.3 Å². The predicted octanol–water partition coefficient (Wildman–Crippen LogP) is 0.0269. The zero-order chi connectivity index (χ0) is 17.2. The summed E-state index contributed by atoms with van der Waals surface area (Å²) in [4.78, 5) is 11.3. The van der Waals surface area contributed by atoms with Gasteiger partial charge in [-0.1, -0.05) is 6.92 Å². The van der Waals surface area contributed by atoms with Gasteiger partial charge in [0.2, 0.25) is 5.95 Å². The van der Waals surface area contributed by atoms with E-state index in [0.717, 1.165) is 38.5 Å². The molecule has 2 aliphatic heterocycles. The van der Waals surface area contributed by atoms with Gasteiger partial charge in [0, 0.05) is 38.8 Å². The zero-order valence-electron chi connectivity index (χ0n) is 14.4. The predicted molar refractivity (Wildman–Crippen MR) is 94.2 cm³/mol. The Balaban J connectivity index is 1.74. The van der Waals surface area contributed by atoms with Crippen LogP contribution in [0, 0.1) is 0 Å². The molecule has 0 amide bonds. The largest absolute Gasteiger partial charge is 0.351 e. The van der Waals surface area contributed by atoms with Crippen LogP contribution in [0.3, 0.4) is 0 Å². The molecular formula is C15H26N6O2S. The third kappa shape index (κ3) is 3.77. The first kappa shape index (κ1) is 17.3. The fraction of sp³-hybridized carbons (Fsp3) is 0.800. The number of hydrogen-bond acceptors (Lipinski definition) is 8. The van der Waals surface area contributed by atoms with Crippen molar-refractivity contribution in [3.8, 4) is 0 Å². The second-order valence-corrected chi connectivity index (χ2v) is 8.61. The van der Waals surface area contributed by atoms with Crippen molar-refractivity contribution in [3.63, 3.8) is 0 Å². The van der Waals surface area contributed by atoms with Gasteiger partial charge in [-0.05, 0) is 19.9 Å². The summed E-state index contributed by atoms with van der Waals surface area (Å²) in [6.45, 7) is 9.75. The molecular weight excluding hydrogens is 328 g/mol. The maximum atomic E-state index is 11.8. The Kier molecular flexibility index (Phi) is 5.19. The summed E-state index contributed by atoms with van der Waals surface area (Å²) in [5, 5.41) is 8.30. The van der Waals surface area contributed by atoms with E-state index >= 15 is 0 Å². The van der Waals surface area contributed by atoms with Crippen LogP contribution in [0.2, 0.25) is 0 Å². The van der Waals surface area contributed by atoms with Crippen LogP contribution in [0.5, 0.6) is 0 Å². The van der Waals surface area contributed by atoms with Crippen LogP contribution >= 0.6 is 0 Å². The minimum atomic E-state index is -2.92. The molecule has 24 heavy (non-hydrogen) atoms.